The van der Waals surface area contributed by atoms with Gasteiger partial charge in [-0.05, 0) is 37.5 Å². The van der Waals surface area contributed by atoms with E-state index in [1.807, 2.05) is 24.3 Å². The van der Waals surface area contributed by atoms with Gasteiger partial charge in [0.05, 0.1) is 5.69 Å². The van der Waals surface area contributed by atoms with Gasteiger partial charge in [0.25, 0.3) is 0 Å². The summed E-state index contributed by atoms with van der Waals surface area (Å²) < 4.78 is 1.63. The average Bonchev–Trinajstić information content (AvgIpc) is 2.82. The van der Waals surface area contributed by atoms with Crippen molar-refractivity contribution in [2.24, 2.45) is 0 Å². The fraction of sp³-hybridized carbons (Fsp3) is 0.385. The highest BCUT2D eigenvalue weighted by atomic mass is 35.5. The predicted molar refractivity (Wildman–Crippen MR) is 76.8 cm³/mol. The summed E-state index contributed by atoms with van der Waals surface area (Å²) in [6, 6.07) is 7.44. The summed E-state index contributed by atoms with van der Waals surface area (Å²) in [4.78, 5) is 6.53. The molecule has 1 aromatic heterocycles. The molecule has 2 heterocycles. The normalized spacial score (nSPS) is 15.7. The fourth-order valence-electron chi connectivity index (χ4n) is 2.34. The van der Waals surface area contributed by atoms with Crippen molar-refractivity contribution in [3.05, 3.63) is 29.3 Å². The lowest BCUT2D eigenvalue weighted by atomic mass is 10.1. The Bertz CT molecular complexity index is 574. The number of halogens is 1. The molecule has 2 N–H and O–H groups in total. The molecule has 5 nitrogen and oxygen atoms in total. The average molecular weight is 278 g/mol. The molecular formula is C13H16ClN5. The van der Waals surface area contributed by atoms with Crippen LogP contribution >= 0.6 is 11.6 Å². The van der Waals surface area contributed by atoms with E-state index in [4.69, 9.17) is 17.3 Å². The number of nitrogens with zero attached hydrogens (tertiary/aromatic N) is 4. The first-order valence-electron chi connectivity index (χ1n) is 6.47. The number of aromatic nitrogens is 3. The van der Waals surface area contributed by atoms with Crippen LogP contribution in [-0.4, -0.2) is 27.9 Å². The molecule has 1 aromatic carbocycles. The smallest absolute Gasteiger partial charge is 0.246 e. The van der Waals surface area contributed by atoms with Crippen LogP contribution in [0.1, 0.15) is 19.3 Å². The topological polar surface area (TPSA) is 60.0 Å². The summed E-state index contributed by atoms with van der Waals surface area (Å²) in [5.74, 6) is 1.10. The molecule has 0 saturated carbocycles. The molecule has 1 aliphatic heterocycles. The van der Waals surface area contributed by atoms with Gasteiger partial charge in [-0.1, -0.05) is 17.7 Å². The number of piperidine rings is 1. The van der Waals surface area contributed by atoms with Crippen molar-refractivity contribution in [2.45, 2.75) is 19.3 Å². The van der Waals surface area contributed by atoms with Crippen molar-refractivity contribution < 1.29 is 0 Å². The van der Waals surface area contributed by atoms with Crippen LogP contribution in [0.15, 0.2) is 24.3 Å². The third-order valence-electron chi connectivity index (χ3n) is 3.31. The lowest BCUT2D eigenvalue weighted by molar-refractivity contribution is 0.568. The van der Waals surface area contributed by atoms with Gasteiger partial charge in [-0.25, -0.2) is 0 Å². The number of hydrogen-bond acceptors (Lipinski definition) is 4. The first kappa shape index (κ1) is 12.3. The molecule has 0 bridgehead atoms. The molecule has 0 spiro atoms. The molecule has 19 heavy (non-hydrogen) atoms. The maximum absolute atomic E-state index is 5.99. The maximum atomic E-state index is 5.99. The van der Waals surface area contributed by atoms with Crippen molar-refractivity contribution in [3.8, 4) is 5.69 Å². The first-order chi connectivity index (χ1) is 9.24. The zero-order valence-corrected chi connectivity index (χ0v) is 11.3. The Balaban J connectivity index is 1.92. The number of nitrogens with two attached hydrogens (primary N) is 1. The van der Waals surface area contributed by atoms with E-state index in [1.54, 1.807) is 4.68 Å². The second kappa shape index (κ2) is 5.09. The molecule has 0 aliphatic carbocycles. The van der Waals surface area contributed by atoms with Crippen molar-refractivity contribution in [1.82, 2.24) is 14.8 Å². The van der Waals surface area contributed by atoms with E-state index in [9.17, 15) is 0 Å². The van der Waals surface area contributed by atoms with Gasteiger partial charge >= 0.3 is 0 Å². The first-order valence-corrected chi connectivity index (χ1v) is 6.85. The van der Waals surface area contributed by atoms with Crippen LogP contribution in [0.2, 0.25) is 5.02 Å². The predicted octanol–water partition coefficient (Wildman–Crippen LogP) is 2.49. The minimum Gasteiger partial charge on any atom is -0.368 e. The monoisotopic (exact) mass is 277 g/mol. The van der Waals surface area contributed by atoms with E-state index in [2.05, 4.69) is 15.0 Å². The molecule has 0 amide bonds. The molecule has 0 unspecified atom stereocenters. The Morgan fingerprint density at radius 2 is 1.95 bits per heavy atom. The summed E-state index contributed by atoms with van der Waals surface area (Å²) in [5, 5.41) is 5.15. The van der Waals surface area contributed by atoms with E-state index in [-0.39, 0.29) is 0 Å². The van der Waals surface area contributed by atoms with Gasteiger partial charge in [-0.3, -0.25) is 0 Å². The van der Waals surface area contributed by atoms with Crippen LogP contribution in [0.4, 0.5) is 11.9 Å². The molecule has 100 valence electrons. The molecule has 6 heteroatoms. The molecule has 1 fully saturated rings. The van der Waals surface area contributed by atoms with Crippen molar-refractivity contribution in [3.63, 3.8) is 0 Å². The SMILES string of the molecule is Nc1nc(N2CCCCC2)nn1-c1cccc(Cl)c1. The zero-order valence-electron chi connectivity index (χ0n) is 10.6. The minimum absolute atomic E-state index is 0.392. The molecular weight excluding hydrogens is 262 g/mol. The number of nitrogen functional groups attached to an aromatic ring is 1. The lowest BCUT2D eigenvalue weighted by Crippen LogP contribution is -2.30. The minimum atomic E-state index is 0.392. The van der Waals surface area contributed by atoms with Crippen LogP contribution < -0.4 is 10.6 Å². The highest BCUT2D eigenvalue weighted by Gasteiger charge is 2.17. The van der Waals surface area contributed by atoms with Gasteiger partial charge < -0.3 is 10.6 Å². The lowest BCUT2D eigenvalue weighted by Gasteiger charge is -2.24. The number of hydrogen-bond donors (Lipinski definition) is 1. The van der Waals surface area contributed by atoms with Crippen LogP contribution in [0.3, 0.4) is 0 Å². The second-order valence-electron chi connectivity index (χ2n) is 4.71. The number of anilines is 2. The second-order valence-corrected chi connectivity index (χ2v) is 5.15. The van der Waals surface area contributed by atoms with Gasteiger partial charge in [-0.15, -0.1) is 5.10 Å². The van der Waals surface area contributed by atoms with E-state index in [0.717, 1.165) is 18.8 Å². The number of rotatable bonds is 2. The van der Waals surface area contributed by atoms with E-state index >= 15 is 0 Å². The summed E-state index contributed by atoms with van der Waals surface area (Å²) in [6.07, 6.45) is 3.65. The zero-order chi connectivity index (χ0) is 13.2. The van der Waals surface area contributed by atoms with E-state index < -0.39 is 0 Å². The van der Waals surface area contributed by atoms with Gasteiger partial charge in [-0.2, -0.15) is 9.67 Å². The van der Waals surface area contributed by atoms with Crippen LogP contribution in [0.25, 0.3) is 5.69 Å². The molecule has 1 saturated heterocycles. The van der Waals surface area contributed by atoms with Gasteiger partial charge in [0.15, 0.2) is 0 Å². The fourth-order valence-corrected chi connectivity index (χ4v) is 2.52. The van der Waals surface area contributed by atoms with Crippen LogP contribution in [0, 0.1) is 0 Å². The quantitative estimate of drug-likeness (QED) is 0.916. The summed E-state index contributed by atoms with van der Waals surface area (Å²) >= 11 is 5.99. The molecule has 0 radical (unpaired) electrons. The standard InChI is InChI=1S/C13H16ClN5/c14-10-5-4-6-11(9-10)19-12(15)16-13(17-19)18-7-2-1-3-8-18/h4-6,9H,1-3,7-8H2,(H2,15,16,17). The highest BCUT2D eigenvalue weighted by Crippen LogP contribution is 2.21. The Labute approximate surface area is 117 Å². The molecule has 1 aliphatic rings. The highest BCUT2D eigenvalue weighted by molar-refractivity contribution is 6.30. The van der Waals surface area contributed by atoms with Crippen molar-refractivity contribution in [2.75, 3.05) is 23.7 Å². The largest absolute Gasteiger partial charge is 0.368 e. The van der Waals surface area contributed by atoms with E-state index in [0.29, 0.717) is 16.9 Å². The summed E-state index contributed by atoms with van der Waals surface area (Å²) in [5.41, 5.74) is 6.78. The van der Waals surface area contributed by atoms with Gasteiger partial charge in [0.2, 0.25) is 11.9 Å². The summed E-state index contributed by atoms with van der Waals surface area (Å²) in [7, 11) is 0. The number of benzene rings is 1. The molecule has 0 atom stereocenters. The van der Waals surface area contributed by atoms with Crippen molar-refractivity contribution in [1.29, 1.82) is 0 Å². The van der Waals surface area contributed by atoms with Crippen LogP contribution in [0.5, 0.6) is 0 Å². The summed E-state index contributed by atoms with van der Waals surface area (Å²) in [6.45, 7) is 2.00. The van der Waals surface area contributed by atoms with E-state index in [1.165, 1.54) is 19.3 Å². The molecule has 3 rings (SSSR count). The molecule has 2 aromatic rings. The van der Waals surface area contributed by atoms with Crippen molar-refractivity contribution >= 4 is 23.5 Å². The van der Waals surface area contributed by atoms with Gasteiger partial charge in [0.1, 0.15) is 0 Å². The Morgan fingerprint density at radius 3 is 2.68 bits per heavy atom. The van der Waals surface area contributed by atoms with Crippen LogP contribution in [-0.2, 0) is 0 Å². The third kappa shape index (κ3) is 2.51. The third-order valence-corrected chi connectivity index (χ3v) is 3.55. The maximum Gasteiger partial charge on any atom is 0.246 e. The van der Waals surface area contributed by atoms with Gasteiger partial charge in [0, 0.05) is 18.1 Å². The Hall–Kier alpha value is -1.75. The Morgan fingerprint density at radius 1 is 1.16 bits per heavy atom. The Kier molecular flexibility index (Phi) is 3.29.